The summed E-state index contributed by atoms with van der Waals surface area (Å²) in [5, 5.41) is 8.59. The number of hydrogen-bond acceptors (Lipinski definition) is 2. The van der Waals surface area contributed by atoms with Crippen LogP contribution in [0, 0.1) is 11.8 Å². The van der Waals surface area contributed by atoms with E-state index in [4.69, 9.17) is 10.8 Å². The van der Waals surface area contributed by atoms with Gasteiger partial charge in [0.05, 0.1) is 0 Å². The average Bonchev–Trinajstić information content (AvgIpc) is 2.40. The van der Waals surface area contributed by atoms with Gasteiger partial charge < -0.3 is 10.8 Å². The Labute approximate surface area is 62.6 Å². The van der Waals surface area contributed by atoms with E-state index in [1.807, 2.05) is 0 Å². The lowest BCUT2D eigenvalue weighted by molar-refractivity contribution is 0.269. The summed E-state index contributed by atoms with van der Waals surface area (Å²) >= 11 is 2.30. The summed E-state index contributed by atoms with van der Waals surface area (Å²) in [6.45, 7) is 0.273. The number of nitrogens with two attached hydrogens (primary N) is 1. The van der Waals surface area contributed by atoms with Gasteiger partial charge in [0.2, 0.25) is 0 Å². The Kier molecular flexibility index (Phi) is 2.11. The van der Waals surface area contributed by atoms with Crippen LogP contribution in [0.25, 0.3) is 0 Å². The van der Waals surface area contributed by atoms with Crippen LogP contribution in [0.5, 0.6) is 0 Å². The first-order valence-corrected chi connectivity index (χ1v) is 4.26. The summed E-state index contributed by atoms with van der Waals surface area (Å²) in [6, 6.07) is 0.289. The molecule has 1 saturated carbocycles. The average molecular weight is 227 g/mol. The van der Waals surface area contributed by atoms with Crippen molar-refractivity contribution in [1.82, 2.24) is 0 Å². The van der Waals surface area contributed by atoms with E-state index in [9.17, 15) is 0 Å². The monoisotopic (exact) mass is 227 g/mol. The highest BCUT2D eigenvalue weighted by molar-refractivity contribution is 14.1. The number of aliphatic hydroxyl groups is 1. The zero-order chi connectivity index (χ0) is 6.15. The molecule has 3 unspecified atom stereocenters. The standard InChI is InChI=1S/C5H10INO/c6-1-3-4(2-8)5(3)7/h3-5,8H,1-2,7H2. The van der Waals surface area contributed by atoms with Crippen molar-refractivity contribution in [2.24, 2.45) is 17.6 Å². The van der Waals surface area contributed by atoms with Gasteiger partial charge in [0.25, 0.3) is 0 Å². The maximum absolute atomic E-state index is 8.59. The fourth-order valence-corrected chi connectivity index (χ4v) is 2.19. The summed E-state index contributed by atoms with van der Waals surface area (Å²) in [5.41, 5.74) is 5.57. The van der Waals surface area contributed by atoms with Gasteiger partial charge in [0.1, 0.15) is 0 Å². The van der Waals surface area contributed by atoms with Crippen molar-refractivity contribution in [2.75, 3.05) is 11.0 Å². The van der Waals surface area contributed by atoms with Crippen LogP contribution in [0.3, 0.4) is 0 Å². The van der Waals surface area contributed by atoms with Crippen LogP contribution in [-0.2, 0) is 0 Å². The van der Waals surface area contributed by atoms with E-state index in [1.165, 1.54) is 0 Å². The van der Waals surface area contributed by atoms with Gasteiger partial charge in [-0.3, -0.25) is 0 Å². The minimum Gasteiger partial charge on any atom is -0.396 e. The molecule has 1 fully saturated rings. The fraction of sp³-hybridized carbons (Fsp3) is 1.00. The Balaban J connectivity index is 2.23. The van der Waals surface area contributed by atoms with Crippen molar-refractivity contribution < 1.29 is 5.11 Å². The Bertz CT molecular complexity index is 78.5. The molecule has 48 valence electrons. The molecule has 3 N–H and O–H groups in total. The van der Waals surface area contributed by atoms with E-state index in [0.29, 0.717) is 11.8 Å². The first-order chi connectivity index (χ1) is 3.81. The Morgan fingerprint density at radius 1 is 1.50 bits per heavy atom. The van der Waals surface area contributed by atoms with Crippen LogP contribution in [0.4, 0.5) is 0 Å². The second-order valence-electron chi connectivity index (χ2n) is 2.24. The number of hydrogen-bond donors (Lipinski definition) is 2. The van der Waals surface area contributed by atoms with Gasteiger partial charge in [-0.2, -0.15) is 0 Å². The highest BCUT2D eigenvalue weighted by Gasteiger charge is 2.45. The predicted octanol–water partition coefficient (Wildman–Crippen LogP) is -0.0130. The number of halogens is 1. The van der Waals surface area contributed by atoms with E-state index < -0.39 is 0 Å². The molecule has 3 heteroatoms. The molecule has 3 atom stereocenters. The third kappa shape index (κ3) is 0.989. The van der Waals surface area contributed by atoms with Crippen molar-refractivity contribution >= 4 is 22.6 Å². The van der Waals surface area contributed by atoms with Gasteiger partial charge in [-0.1, -0.05) is 22.6 Å². The van der Waals surface area contributed by atoms with Gasteiger partial charge >= 0.3 is 0 Å². The summed E-state index contributed by atoms with van der Waals surface area (Å²) < 4.78 is 1.09. The normalized spacial score (nSPS) is 44.6. The van der Waals surface area contributed by atoms with Crippen molar-refractivity contribution in [1.29, 1.82) is 0 Å². The highest BCUT2D eigenvalue weighted by Crippen LogP contribution is 2.37. The third-order valence-corrected chi connectivity index (χ3v) is 2.80. The zero-order valence-electron chi connectivity index (χ0n) is 4.55. The maximum atomic E-state index is 8.59. The molecular formula is C5H10INO. The van der Waals surface area contributed by atoms with Crippen molar-refractivity contribution in [3.05, 3.63) is 0 Å². The maximum Gasteiger partial charge on any atom is 0.0477 e. The van der Waals surface area contributed by atoms with Crippen LogP contribution in [0.2, 0.25) is 0 Å². The van der Waals surface area contributed by atoms with Crippen LogP contribution in [0.15, 0.2) is 0 Å². The number of aliphatic hydroxyl groups excluding tert-OH is 1. The summed E-state index contributed by atoms with van der Waals surface area (Å²) in [4.78, 5) is 0. The molecule has 0 saturated heterocycles. The van der Waals surface area contributed by atoms with E-state index in [0.717, 1.165) is 4.43 Å². The van der Waals surface area contributed by atoms with Gasteiger partial charge in [0, 0.05) is 23.0 Å². The highest BCUT2D eigenvalue weighted by atomic mass is 127. The van der Waals surface area contributed by atoms with Crippen LogP contribution in [0.1, 0.15) is 0 Å². The van der Waals surface area contributed by atoms with Crippen molar-refractivity contribution in [3.63, 3.8) is 0 Å². The summed E-state index contributed by atoms with van der Waals surface area (Å²) in [6.07, 6.45) is 0. The van der Waals surface area contributed by atoms with E-state index >= 15 is 0 Å². The van der Waals surface area contributed by atoms with Crippen molar-refractivity contribution in [2.45, 2.75) is 6.04 Å². The molecule has 0 spiro atoms. The minimum atomic E-state index is 0.273. The van der Waals surface area contributed by atoms with Crippen LogP contribution < -0.4 is 5.73 Å². The second-order valence-corrected chi connectivity index (χ2v) is 3.12. The fourth-order valence-electron chi connectivity index (χ4n) is 0.949. The topological polar surface area (TPSA) is 46.2 Å². The zero-order valence-corrected chi connectivity index (χ0v) is 6.71. The molecular weight excluding hydrogens is 217 g/mol. The molecule has 8 heavy (non-hydrogen) atoms. The van der Waals surface area contributed by atoms with Crippen LogP contribution >= 0.6 is 22.6 Å². The first-order valence-electron chi connectivity index (χ1n) is 2.73. The van der Waals surface area contributed by atoms with Gasteiger partial charge in [-0.25, -0.2) is 0 Å². The Morgan fingerprint density at radius 3 is 2.25 bits per heavy atom. The largest absolute Gasteiger partial charge is 0.396 e. The molecule has 0 bridgehead atoms. The molecule has 1 rings (SSSR count). The SMILES string of the molecule is NC1C(CO)C1CI. The second kappa shape index (κ2) is 2.49. The molecule has 0 aromatic rings. The molecule has 0 amide bonds. The number of rotatable bonds is 2. The minimum absolute atomic E-state index is 0.273. The molecule has 0 radical (unpaired) electrons. The van der Waals surface area contributed by atoms with E-state index in [-0.39, 0.29) is 12.6 Å². The molecule has 0 aromatic heterocycles. The molecule has 0 heterocycles. The lowest BCUT2D eigenvalue weighted by atomic mass is 10.4. The number of alkyl halides is 1. The summed E-state index contributed by atoms with van der Waals surface area (Å²) in [7, 11) is 0. The molecule has 0 aliphatic heterocycles. The Hall–Kier alpha value is 0.650. The summed E-state index contributed by atoms with van der Waals surface area (Å²) in [5.74, 6) is 1.01. The van der Waals surface area contributed by atoms with Gasteiger partial charge in [-0.15, -0.1) is 0 Å². The Morgan fingerprint density at radius 2 is 2.12 bits per heavy atom. The van der Waals surface area contributed by atoms with E-state index in [1.54, 1.807) is 0 Å². The van der Waals surface area contributed by atoms with E-state index in [2.05, 4.69) is 22.6 Å². The first kappa shape index (κ1) is 6.77. The van der Waals surface area contributed by atoms with Gasteiger partial charge in [-0.05, 0) is 5.92 Å². The molecule has 2 nitrogen and oxygen atoms in total. The smallest absolute Gasteiger partial charge is 0.0477 e. The predicted molar refractivity (Wildman–Crippen MR) is 40.9 cm³/mol. The quantitative estimate of drug-likeness (QED) is 0.514. The lowest BCUT2D eigenvalue weighted by Gasteiger charge is -1.83. The third-order valence-electron chi connectivity index (χ3n) is 1.79. The molecule has 1 aliphatic rings. The molecule has 1 aliphatic carbocycles. The van der Waals surface area contributed by atoms with Crippen LogP contribution in [-0.4, -0.2) is 22.2 Å². The van der Waals surface area contributed by atoms with Gasteiger partial charge in [0.15, 0.2) is 0 Å². The molecule has 0 aromatic carbocycles. The van der Waals surface area contributed by atoms with Crippen molar-refractivity contribution in [3.8, 4) is 0 Å². The lowest BCUT2D eigenvalue weighted by Crippen LogP contribution is -2.04.